The molecule has 3 atom stereocenters. The van der Waals surface area contributed by atoms with Gasteiger partial charge in [-0.25, -0.2) is 0 Å². The van der Waals surface area contributed by atoms with Crippen molar-refractivity contribution in [1.29, 1.82) is 0 Å². The van der Waals surface area contributed by atoms with Gasteiger partial charge in [0.15, 0.2) is 0 Å². The summed E-state index contributed by atoms with van der Waals surface area (Å²) in [5.41, 5.74) is -0.412. The van der Waals surface area contributed by atoms with Crippen LogP contribution in [-0.2, 0) is 4.79 Å². The molecule has 1 saturated carbocycles. The molecule has 0 aromatic carbocycles. The minimum absolute atomic E-state index is 0.160. The Hall–Kier alpha value is -0.0800. The van der Waals surface area contributed by atoms with Crippen LogP contribution in [0.25, 0.3) is 0 Å². The summed E-state index contributed by atoms with van der Waals surface area (Å²) in [4.78, 5) is 11.6. The van der Waals surface area contributed by atoms with Gasteiger partial charge in [-0.2, -0.15) is 0 Å². The predicted octanol–water partition coefficient (Wildman–Crippen LogP) is 1.59. The molecule has 0 aromatic heterocycles. The number of carbonyl (C=O) groups excluding carboxylic acids is 1. The highest BCUT2D eigenvalue weighted by Crippen LogP contribution is 2.37. The van der Waals surface area contributed by atoms with Gasteiger partial charge in [-0.15, -0.1) is 11.6 Å². The van der Waals surface area contributed by atoms with E-state index in [-0.39, 0.29) is 11.7 Å². The van der Waals surface area contributed by atoms with Crippen molar-refractivity contribution in [2.45, 2.75) is 38.7 Å². The van der Waals surface area contributed by atoms with Crippen molar-refractivity contribution in [3.63, 3.8) is 0 Å². The molecule has 0 spiro atoms. The number of ketones is 1. The molecule has 12 heavy (non-hydrogen) atoms. The summed E-state index contributed by atoms with van der Waals surface area (Å²) in [7, 11) is 0. The third kappa shape index (κ3) is 1.50. The summed E-state index contributed by atoms with van der Waals surface area (Å²) in [6, 6.07) is 0. The van der Waals surface area contributed by atoms with Crippen LogP contribution in [0.1, 0.15) is 27.2 Å². The Morgan fingerprint density at radius 2 is 2.08 bits per heavy atom. The summed E-state index contributed by atoms with van der Waals surface area (Å²) in [5.74, 6) is -0.0711. The molecular formula is C9H15ClO2. The van der Waals surface area contributed by atoms with E-state index in [9.17, 15) is 9.90 Å². The zero-order chi connectivity index (χ0) is 9.52. The van der Waals surface area contributed by atoms with Gasteiger partial charge in [-0.05, 0) is 6.42 Å². The van der Waals surface area contributed by atoms with Gasteiger partial charge in [0.25, 0.3) is 0 Å². The van der Waals surface area contributed by atoms with E-state index in [1.54, 1.807) is 6.92 Å². The first kappa shape index (κ1) is 10.0. The maximum atomic E-state index is 11.6. The van der Waals surface area contributed by atoms with Crippen LogP contribution >= 0.6 is 11.6 Å². The lowest BCUT2D eigenvalue weighted by molar-refractivity contribution is -0.137. The number of alkyl halides is 1. The summed E-state index contributed by atoms with van der Waals surface area (Å²) >= 11 is 5.87. The highest BCUT2D eigenvalue weighted by molar-refractivity contribution is 6.23. The lowest BCUT2D eigenvalue weighted by Gasteiger charge is -2.38. The Balaban J connectivity index is 2.85. The topological polar surface area (TPSA) is 37.3 Å². The Kier molecular flexibility index (Phi) is 2.50. The first-order valence-electron chi connectivity index (χ1n) is 4.23. The number of rotatable bonds is 0. The number of halogens is 1. The molecule has 0 aliphatic heterocycles. The van der Waals surface area contributed by atoms with Gasteiger partial charge < -0.3 is 5.11 Å². The lowest BCUT2D eigenvalue weighted by atomic mass is 9.70. The van der Waals surface area contributed by atoms with E-state index in [0.29, 0.717) is 6.42 Å². The number of Topliss-reactive ketones (excluding diaryl/α,β-unsaturated/α-hetero) is 1. The first-order chi connectivity index (χ1) is 5.36. The Morgan fingerprint density at radius 3 is 2.58 bits per heavy atom. The average Bonchev–Trinajstić information content (AvgIpc) is 1.97. The van der Waals surface area contributed by atoms with Crippen LogP contribution < -0.4 is 0 Å². The molecule has 1 rings (SSSR count). The molecule has 0 unspecified atom stereocenters. The second-order valence-electron chi connectivity index (χ2n) is 4.25. The van der Waals surface area contributed by atoms with E-state index >= 15 is 0 Å². The molecule has 1 aliphatic rings. The number of carbonyl (C=O) groups is 1. The second kappa shape index (κ2) is 3.00. The summed E-state index contributed by atoms with van der Waals surface area (Å²) in [6.07, 6.45) is -0.0704. The van der Waals surface area contributed by atoms with Crippen LogP contribution in [0.3, 0.4) is 0 Å². The van der Waals surface area contributed by atoms with Crippen molar-refractivity contribution in [1.82, 2.24) is 0 Å². The molecule has 0 radical (unpaired) electrons. The highest BCUT2D eigenvalue weighted by atomic mass is 35.5. The molecule has 1 fully saturated rings. The third-order valence-electron chi connectivity index (χ3n) is 2.65. The van der Waals surface area contributed by atoms with Crippen LogP contribution in [0, 0.1) is 11.3 Å². The molecule has 0 saturated heterocycles. The fourth-order valence-electron chi connectivity index (χ4n) is 1.83. The first-order valence-corrected chi connectivity index (χ1v) is 4.66. The standard InChI is InChI=1S/C9H15ClO2/c1-5-7(10)6(11)4-9(2,3)8(5)12/h5-7,11H,4H2,1-3H3/t5-,6+,7-/m1/s1. The zero-order valence-corrected chi connectivity index (χ0v) is 8.43. The van der Waals surface area contributed by atoms with Gasteiger partial charge in [-0.3, -0.25) is 4.79 Å². The quantitative estimate of drug-likeness (QED) is 0.589. The second-order valence-corrected chi connectivity index (χ2v) is 4.76. The lowest BCUT2D eigenvalue weighted by Crippen LogP contribution is -2.47. The Morgan fingerprint density at radius 1 is 1.58 bits per heavy atom. The molecule has 2 nitrogen and oxygen atoms in total. The average molecular weight is 191 g/mol. The van der Waals surface area contributed by atoms with Crippen molar-refractivity contribution in [2.24, 2.45) is 11.3 Å². The van der Waals surface area contributed by atoms with Crippen LogP contribution in [0.15, 0.2) is 0 Å². The number of hydrogen-bond acceptors (Lipinski definition) is 2. The zero-order valence-electron chi connectivity index (χ0n) is 7.67. The van der Waals surface area contributed by atoms with Gasteiger partial charge in [0, 0.05) is 11.3 Å². The number of aliphatic hydroxyl groups is 1. The SMILES string of the molecule is C[C@H]1C(=O)C(C)(C)C[C@H](O)[C@@H]1Cl. The summed E-state index contributed by atoms with van der Waals surface area (Å²) in [5, 5.41) is 9.11. The molecule has 70 valence electrons. The van der Waals surface area contributed by atoms with Crippen LogP contribution in [0.5, 0.6) is 0 Å². The van der Waals surface area contributed by atoms with Gasteiger partial charge in [-0.1, -0.05) is 20.8 Å². The van der Waals surface area contributed by atoms with Crippen molar-refractivity contribution in [2.75, 3.05) is 0 Å². The van der Waals surface area contributed by atoms with Gasteiger partial charge in [0.2, 0.25) is 0 Å². The van der Waals surface area contributed by atoms with Crippen molar-refractivity contribution in [3.8, 4) is 0 Å². The summed E-state index contributed by atoms with van der Waals surface area (Å²) in [6.45, 7) is 5.50. The van der Waals surface area contributed by atoms with Crippen LogP contribution in [-0.4, -0.2) is 22.4 Å². The molecular weight excluding hydrogens is 176 g/mol. The molecule has 0 amide bonds. The molecule has 0 heterocycles. The molecule has 0 bridgehead atoms. The van der Waals surface area contributed by atoms with Crippen molar-refractivity contribution >= 4 is 17.4 Å². The Labute approximate surface area is 77.9 Å². The largest absolute Gasteiger partial charge is 0.392 e. The fraction of sp³-hybridized carbons (Fsp3) is 0.889. The van der Waals surface area contributed by atoms with E-state index < -0.39 is 16.9 Å². The van der Waals surface area contributed by atoms with E-state index in [1.807, 2.05) is 13.8 Å². The maximum absolute atomic E-state index is 11.6. The van der Waals surface area contributed by atoms with E-state index in [4.69, 9.17) is 11.6 Å². The minimum Gasteiger partial charge on any atom is -0.392 e. The minimum atomic E-state index is -0.547. The van der Waals surface area contributed by atoms with Crippen molar-refractivity contribution < 1.29 is 9.90 Å². The van der Waals surface area contributed by atoms with E-state index in [2.05, 4.69) is 0 Å². The molecule has 1 N–H and O–H groups in total. The van der Waals surface area contributed by atoms with Crippen LogP contribution in [0.2, 0.25) is 0 Å². The number of hydrogen-bond donors (Lipinski definition) is 1. The van der Waals surface area contributed by atoms with E-state index in [0.717, 1.165) is 0 Å². The van der Waals surface area contributed by atoms with Gasteiger partial charge >= 0.3 is 0 Å². The van der Waals surface area contributed by atoms with Crippen molar-refractivity contribution in [3.05, 3.63) is 0 Å². The molecule has 3 heteroatoms. The third-order valence-corrected chi connectivity index (χ3v) is 3.31. The molecule has 0 aromatic rings. The van der Waals surface area contributed by atoms with E-state index in [1.165, 1.54) is 0 Å². The number of aliphatic hydroxyl groups excluding tert-OH is 1. The fourth-order valence-corrected chi connectivity index (χ4v) is 2.03. The van der Waals surface area contributed by atoms with Gasteiger partial charge in [0.05, 0.1) is 11.5 Å². The maximum Gasteiger partial charge on any atom is 0.142 e. The Bertz CT molecular complexity index is 201. The predicted molar refractivity (Wildman–Crippen MR) is 48.2 cm³/mol. The normalized spacial score (nSPS) is 41.4. The summed E-state index contributed by atoms with van der Waals surface area (Å²) < 4.78 is 0. The van der Waals surface area contributed by atoms with Gasteiger partial charge in [0.1, 0.15) is 5.78 Å². The molecule has 1 aliphatic carbocycles. The monoisotopic (exact) mass is 190 g/mol. The smallest absolute Gasteiger partial charge is 0.142 e. The highest BCUT2D eigenvalue weighted by Gasteiger charge is 2.44. The van der Waals surface area contributed by atoms with Crippen LogP contribution in [0.4, 0.5) is 0 Å².